The van der Waals surface area contributed by atoms with Gasteiger partial charge < -0.3 is 15.4 Å². The molecule has 0 radical (unpaired) electrons. The lowest BCUT2D eigenvalue weighted by Crippen LogP contribution is -2.41. The van der Waals surface area contributed by atoms with Crippen LogP contribution in [0, 0.1) is 0 Å². The molecule has 1 saturated carbocycles. The lowest BCUT2D eigenvalue weighted by molar-refractivity contribution is -0.140. The molecule has 1 atom stereocenters. The Labute approximate surface area is 212 Å². The van der Waals surface area contributed by atoms with E-state index in [1.807, 2.05) is 18.2 Å². The minimum Gasteiger partial charge on any atom is -0.382 e. The van der Waals surface area contributed by atoms with Gasteiger partial charge in [0.15, 0.2) is 0 Å². The average molecular weight is 518 g/mol. The summed E-state index contributed by atoms with van der Waals surface area (Å²) >= 11 is 6.10. The van der Waals surface area contributed by atoms with Crippen molar-refractivity contribution in [1.29, 1.82) is 0 Å². The molecule has 9 heteroatoms. The maximum atomic E-state index is 13.4. The first-order chi connectivity index (χ1) is 17.3. The van der Waals surface area contributed by atoms with E-state index >= 15 is 0 Å². The number of carbonyl (C=O) groups is 1. The summed E-state index contributed by atoms with van der Waals surface area (Å²) in [5, 5.41) is 7.40. The number of benzene rings is 2. The van der Waals surface area contributed by atoms with Crippen LogP contribution in [0.4, 0.5) is 18.9 Å². The van der Waals surface area contributed by atoms with Crippen molar-refractivity contribution in [2.24, 2.45) is 0 Å². The number of aromatic nitrogens is 1. The first-order valence-electron chi connectivity index (χ1n) is 12.2. The molecule has 2 heterocycles. The van der Waals surface area contributed by atoms with Crippen molar-refractivity contribution in [3.05, 3.63) is 70.4 Å². The largest absolute Gasteiger partial charge is 0.433 e. The fourth-order valence-corrected chi connectivity index (χ4v) is 5.34. The summed E-state index contributed by atoms with van der Waals surface area (Å²) in [6.07, 6.45) is -0.729. The van der Waals surface area contributed by atoms with Crippen molar-refractivity contribution in [1.82, 2.24) is 10.3 Å². The monoisotopic (exact) mass is 517 g/mol. The zero-order valence-corrected chi connectivity index (χ0v) is 20.3. The van der Waals surface area contributed by atoms with Gasteiger partial charge in [-0.25, -0.2) is 4.98 Å². The highest BCUT2D eigenvalue weighted by Crippen LogP contribution is 2.35. The number of nitrogens with one attached hydrogen (secondary N) is 2. The molecule has 1 aliphatic carbocycles. The Bertz CT molecular complexity index is 1260. The van der Waals surface area contributed by atoms with E-state index in [4.69, 9.17) is 16.3 Å². The molecule has 0 saturated heterocycles. The lowest BCUT2D eigenvalue weighted by Gasteiger charge is -2.31. The minimum absolute atomic E-state index is 0.0163. The average Bonchev–Trinajstić information content (AvgIpc) is 2.85. The third-order valence-corrected chi connectivity index (χ3v) is 7.21. The third-order valence-electron chi connectivity index (χ3n) is 6.98. The van der Waals surface area contributed by atoms with Crippen LogP contribution in [-0.4, -0.2) is 29.6 Å². The maximum Gasteiger partial charge on any atom is 0.433 e. The van der Waals surface area contributed by atoms with Gasteiger partial charge in [-0.1, -0.05) is 35.9 Å². The Balaban J connectivity index is 1.20. The summed E-state index contributed by atoms with van der Waals surface area (Å²) in [7, 11) is 0. The molecule has 1 aromatic heterocycles. The molecule has 1 fully saturated rings. The number of fused-ring (bicyclic) bond motifs is 2. The topological polar surface area (TPSA) is 63.2 Å². The quantitative estimate of drug-likeness (QED) is 0.408. The second kappa shape index (κ2) is 10.3. The summed E-state index contributed by atoms with van der Waals surface area (Å²) in [4.78, 5) is 16.5. The maximum absolute atomic E-state index is 13.4. The van der Waals surface area contributed by atoms with Crippen molar-refractivity contribution >= 4 is 34.1 Å². The van der Waals surface area contributed by atoms with Gasteiger partial charge in [0.1, 0.15) is 5.69 Å². The van der Waals surface area contributed by atoms with Crippen molar-refractivity contribution in [3.63, 3.8) is 0 Å². The van der Waals surface area contributed by atoms with E-state index in [-0.39, 0.29) is 36.0 Å². The molecule has 36 heavy (non-hydrogen) atoms. The first kappa shape index (κ1) is 24.8. The highest BCUT2D eigenvalue weighted by atomic mass is 35.5. The molecular weight excluding hydrogens is 491 g/mol. The van der Waals surface area contributed by atoms with Gasteiger partial charge in [-0.2, -0.15) is 13.2 Å². The first-order valence-corrected chi connectivity index (χ1v) is 12.6. The third kappa shape index (κ3) is 5.60. The highest BCUT2D eigenvalue weighted by molar-refractivity contribution is 6.31. The smallest absolute Gasteiger partial charge is 0.382 e. The van der Waals surface area contributed by atoms with Gasteiger partial charge in [0.25, 0.3) is 0 Å². The Kier molecular flexibility index (Phi) is 7.08. The number of ether oxygens (including phenoxy) is 1. The molecule has 5 nitrogen and oxygen atoms in total. The molecular formula is C27H27ClF3N3O2. The van der Waals surface area contributed by atoms with Crippen molar-refractivity contribution in [2.75, 3.05) is 11.9 Å². The number of anilines is 1. The number of alkyl halides is 3. The fraction of sp³-hybridized carbons (Fsp3) is 0.407. The summed E-state index contributed by atoms with van der Waals surface area (Å²) in [5.74, 6) is -0.0438. The van der Waals surface area contributed by atoms with Crippen LogP contribution in [0.15, 0.2) is 48.5 Å². The predicted octanol–water partition coefficient (Wildman–Crippen LogP) is 6.45. The molecule has 3 aromatic rings. The number of nitrogens with zero attached hydrogens (tertiary/aromatic N) is 1. The van der Waals surface area contributed by atoms with Crippen LogP contribution in [0.5, 0.6) is 0 Å². The van der Waals surface area contributed by atoms with E-state index in [1.165, 1.54) is 17.7 Å². The van der Waals surface area contributed by atoms with Crippen molar-refractivity contribution in [3.8, 4) is 0 Å². The standard InChI is InChI=1S/C27H27ClF3N3O2/c28-17-5-10-22-21(13-17)23(14-25(34-22)27(29,30)31)32-18-6-8-19(9-7-18)33-26(35)15-24-20-4-2-1-3-16(20)11-12-36-24/h1-5,10,13-14,18-19,24H,6-9,11-12,15H2,(H,32,34)(H,33,35)/t18-,19+,24?. The second-order valence-electron chi connectivity index (χ2n) is 9.49. The van der Waals surface area contributed by atoms with Gasteiger partial charge >= 0.3 is 6.18 Å². The molecule has 190 valence electrons. The Morgan fingerprint density at radius 1 is 1.06 bits per heavy atom. The van der Waals surface area contributed by atoms with Crippen LogP contribution in [0.2, 0.25) is 5.02 Å². The normalized spacial score (nSPS) is 22.2. The number of rotatable bonds is 5. The van der Waals surface area contributed by atoms with Crippen molar-refractivity contribution < 1.29 is 22.7 Å². The summed E-state index contributed by atoms with van der Waals surface area (Å²) in [6, 6.07) is 13.8. The molecule has 2 aromatic carbocycles. The number of carbonyl (C=O) groups excluding carboxylic acids is 1. The van der Waals surface area contributed by atoms with Gasteiger partial charge in [-0.15, -0.1) is 0 Å². The van der Waals surface area contributed by atoms with Gasteiger partial charge in [-0.05, 0) is 67.5 Å². The van der Waals surface area contributed by atoms with Crippen LogP contribution in [0.25, 0.3) is 10.9 Å². The molecule has 1 amide bonds. The summed E-state index contributed by atoms with van der Waals surface area (Å²) < 4.78 is 46.1. The van der Waals surface area contributed by atoms with E-state index in [1.54, 1.807) is 6.07 Å². The number of pyridine rings is 1. The summed E-state index contributed by atoms with van der Waals surface area (Å²) in [6.45, 7) is 0.608. The molecule has 0 spiro atoms. The predicted molar refractivity (Wildman–Crippen MR) is 133 cm³/mol. The van der Waals surface area contributed by atoms with Crippen LogP contribution >= 0.6 is 11.6 Å². The fourth-order valence-electron chi connectivity index (χ4n) is 5.17. The molecule has 1 aliphatic heterocycles. The Hall–Kier alpha value is -2.84. The van der Waals surface area contributed by atoms with E-state index in [0.29, 0.717) is 22.7 Å². The van der Waals surface area contributed by atoms with E-state index in [0.717, 1.165) is 43.7 Å². The molecule has 5 rings (SSSR count). The van der Waals surface area contributed by atoms with Gasteiger partial charge in [-0.3, -0.25) is 4.79 Å². The lowest BCUT2D eigenvalue weighted by atomic mass is 9.90. The number of halogens is 4. The van der Waals surface area contributed by atoms with Crippen molar-refractivity contribution in [2.45, 2.75) is 62.9 Å². The van der Waals surface area contributed by atoms with Crippen LogP contribution in [0.1, 0.15) is 55.0 Å². The molecule has 0 bridgehead atoms. The minimum atomic E-state index is -4.55. The van der Waals surface area contributed by atoms with Gasteiger partial charge in [0.05, 0.1) is 24.6 Å². The van der Waals surface area contributed by atoms with Crippen LogP contribution in [-0.2, 0) is 22.1 Å². The van der Waals surface area contributed by atoms with Gasteiger partial charge in [0, 0.05) is 28.2 Å². The van der Waals surface area contributed by atoms with Gasteiger partial charge in [0.2, 0.25) is 5.91 Å². The molecule has 2 aliphatic rings. The van der Waals surface area contributed by atoms with E-state index < -0.39 is 11.9 Å². The van der Waals surface area contributed by atoms with Crippen LogP contribution in [0.3, 0.4) is 0 Å². The van der Waals surface area contributed by atoms with E-state index in [2.05, 4.69) is 21.7 Å². The Morgan fingerprint density at radius 2 is 1.81 bits per heavy atom. The number of hydrogen-bond acceptors (Lipinski definition) is 4. The Morgan fingerprint density at radius 3 is 2.58 bits per heavy atom. The zero-order valence-electron chi connectivity index (χ0n) is 19.6. The van der Waals surface area contributed by atoms with E-state index in [9.17, 15) is 18.0 Å². The zero-order chi connectivity index (χ0) is 25.3. The summed E-state index contributed by atoms with van der Waals surface area (Å²) in [5.41, 5.74) is 1.98. The SMILES string of the molecule is O=C(CC1OCCc2ccccc21)N[C@H]1CC[C@@H](Nc2cc(C(F)(F)F)nc3ccc(Cl)cc23)CC1. The molecule has 1 unspecified atom stereocenters. The number of amides is 1. The second-order valence-corrected chi connectivity index (χ2v) is 9.92. The van der Waals surface area contributed by atoms with Crippen LogP contribution < -0.4 is 10.6 Å². The number of hydrogen-bond donors (Lipinski definition) is 2. The highest BCUT2D eigenvalue weighted by Gasteiger charge is 2.34. The molecule has 2 N–H and O–H groups in total.